The van der Waals surface area contributed by atoms with Crippen LogP contribution < -0.4 is 20.7 Å². The minimum absolute atomic E-state index is 0.101. The number of nitrogens with one attached hydrogen (secondary N) is 3. The first-order chi connectivity index (χ1) is 13.6. The van der Waals surface area contributed by atoms with Crippen molar-refractivity contribution in [2.75, 3.05) is 32.1 Å². The molecule has 1 aromatic carbocycles. The second-order valence-corrected chi connectivity index (χ2v) is 6.25. The average Bonchev–Trinajstić information content (AvgIpc) is 2.68. The summed E-state index contributed by atoms with van der Waals surface area (Å²) >= 11 is 0. The molecule has 3 N–H and O–H groups in total. The van der Waals surface area contributed by atoms with Gasteiger partial charge in [0.25, 0.3) is 0 Å². The molecule has 0 radical (unpaired) electrons. The van der Waals surface area contributed by atoms with Crippen LogP contribution in [0.1, 0.15) is 24.6 Å². The largest absolute Gasteiger partial charge is 0.497 e. The molecule has 0 bridgehead atoms. The quantitative estimate of drug-likeness (QED) is 0.457. The highest BCUT2D eigenvalue weighted by atomic mass is 16.5. The van der Waals surface area contributed by atoms with Gasteiger partial charge in [-0.15, -0.1) is 0 Å². The highest BCUT2D eigenvalue weighted by Gasteiger charge is 2.04. The number of hydrogen-bond donors (Lipinski definition) is 3. The van der Waals surface area contributed by atoms with E-state index >= 15 is 0 Å². The number of guanidine groups is 1. The van der Waals surface area contributed by atoms with Crippen molar-refractivity contribution in [3.63, 3.8) is 0 Å². The molecule has 1 aromatic heterocycles. The number of carbonyl (C=O) groups is 1. The second-order valence-electron chi connectivity index (χ2n) is 6.25. The van der Waals surface area contributed by atoms with Gasteiger partial charge in [0.15, 0.2) is 5.96 Å². The van der Waals surface area contributed by atoms with Crippen molar-refractivity contribution in [1.82, 2.24) is 15.6 Å². The van der Waals surface area contributed by atoms with E-state index in [4.69, 9.17) is 4.74 Å². The number of aromatic nitrogens is 1. The summed E-state index contributed by atoms with van der Waals surface area (Å²) in [5.74, 6) is 2.03. The van der Waals surface area contributed by atoms with Crippen molar-refractivity contribution >= 4 is 17.7 Å². The molecule has 0 atom stereocenters. The molecule has 0 fully saturated rings. The van der Waals surface area contributed by atoms with Crippen LogP contribution in [0.3, 0.4) is 0 Å². The van der Waals surface area contributed by atoms with E-state index in [9.17, 15) is 4.79 Å². The van der Waals surface area contributed by atoms with Crippen molar-refractivity contribution in [3.8, 4) is 5.75 Å². The normalized spacial score (nSPS) is 11.0. The number of carbonyl (C=O) groups excluding carboxylic acids is 1. The number of hydrogen-bond acceptors (Lipinski definition) is 4. The fourth-order valence-electron chi connectivity index (χ4n) is 2.55. The monoisotopic (exact) mass is 383 g/mol. The SMILES string of the molecule is CCNC(=NCCC(=O)Nc1cccc(C)n1)NCCc1ccc(OC)cc1. The van der Waals surface area contributed by atoms with E-state index in [1.807, 2.05) is 50.2 Å². The van der Waals surface area contributed by atoms with E-state index in [0.29, 0.717) is 24.7 Å². The van der Waals surface area contributed by atoms with Crippen molar-refractivity contribution in [3.05, 3.63) is 53.7 Å². The first-order valence-electron chi connectivity index (χ1n) is 9.49. The van der Waals surface area contributed by atoms with E-state index in [1.54, 1.807) is 13.2 Å². The molecule has 28 heavy (non-hydrogen) atoms. The number of aryl methyl sites for hydroxylation is 1. The van der Waals surface area contributed by atoms with Gasteiger partial charge in [-0.1, -0.05) is 18.2 Å². The van der Waals surface area contributed by atoms with Crippen molar-refractivity contribution in [2.45, 2.75) is 26.7 Å². The molecule has 1 heterocycles. The zero-order chi connectivity index (χ0) is 20.2. The highest BCUT2D eigenvalue weighted by molar-refractivity contribution is 5.90. The number of benzene rings is 1. The molecule has 0 saturated carbocycles. The number of aliphatic imine (C=N–C) groups is 1. The Morgan fingerprint density at radius 1 is 1.14 bits per heavy atom. The van der Waals surface area contributed by atoms with Crippen LogP contribution in [0, 0.1) is 6.92 Å². The summed E-state index contributed by atoms with van der Waals surface area (Å²) in [6.07, 6.45) is 1.17. The molecule has 0 saturated heterocycles. The lowest BCUT2D eigenvalue weighted by Gasteiger charge is -2.11. The predicted molar refractivity (Wildman–Crippen MR) is 113 cm³/mol. The Labute approximate surface area is 166 Å². The average molecular weight is 383 g/mol. The zero-order valence-corrected chi connectivity index (χ0v) is 16.8. The van der Waals surface area contributed by atoms with Gasteiger partial charge in [0, 0.05) is 25.2 Å². The Hall–Kier alpha value is -3.09. The summed E-state index contributed by atoms with van der Waals surface area (Å²) in [7, 11) is 1.66. The fourth-order valence-corrected chi connectivity index (χ4v) is 2.55. The van der Waals surface area contributed by atoms with Crippen molar-refractivity contribution in [2.24, 2.45) is 4.99 Å². The van der Waals surface area contributed by atoms with Crippen LogP contribution in [0.2, 0.25) is 0 Å². The first-order valence-corrected chi connectivity index (χ1v) is 9.49. The number of anilines is 1. The Balaban J connectivity index is 1.76. The maximum Gasteiger partial charge on any atom is 0.227 e. The summed E-state index contributed by atoms with van der Waals surface area (Å²) < 4.78 is 5.17. The van der Waals surface area contributed by atoms with Crippen molar-refractivity contribution < 1.29 is 9.53 Å². The lowest BCUT2D eigenvalue weighted by molar-refractivity contribution is -0.116. The molecule has 0 unspecified atom stereocenters. The zero-order valence-electron chi connectivity index (χ0n) is 16.8. The molecule has 7 nitrogen and oxygen atoms in total. The van der Waals surface area contributed by atoms with Crippen LogP contribution in [0.15, 0.2) is 47.5 Å². The Morgan fingerprint density at radius 2 is 1.93 bits per heavy atom. The van der Waals surface area contributed by atoms with E-state index in [-0.39, 0.29) is 5.91 Å². The lowest BCUT2D eigenvalue weighted by atomic mass is 10.1. The summed E-state index contributed by atoms with van der Waals surface area (Å²) in [4.78, 5) is 20.8. The van der Waals surface area contributed by atoms with Gasteiger partial charge in [-0.05, 0) is 50.1 Å². The molecular formula is C21H29N5O2. The number of pyridine rings is 1. The number of methoxy groups -OCH3 is 1. The van der Waals surface area contributed by atoms with E-state index in [1.165, 1.54) is 5.56 Å². The van der Waals surface area contributed by atoms with Gasteiger partial charge in [0.05, 0.1) is 13.7 Å². The Morgan fingerprint density at radius 3 is 2.61 bits per heavy atom. The van der Waals surface area contributed by atoms with Crippen molar-refractivity contribution in [1.29, 1.82) is 0 Å². The third kappa shape index (κ3) is 7.65. The van der Waals surface area contributed by atoms with Gasteiger partial charge in [0.2, 0.25) is 5.91 Å². The van der Waals surface area contributed by atoms with Gasteiger partial charge in [-0.25, -0.2) is 4.98 Å². The summed E-state index contributed by atoms with van der Waals surface area (Å²) in [5, 5.41) is 9.28. The van der Waals surface area contributed by atoms with Crippen LogP contribution in [0.25, 0.3) is 0 Å². The van der Waals surface area contributed by atoms with Crippen LogP contribution in [0.4, 0.5) is 5.82 Å². The third-order valence-corrected chi connectivity index (χ3v) is 3.97. The van der Waals surface area contributed by atoms with E-state index < -0.39 is 0 Å². The van der Waals surface area contributed by atoms with Gasteiger partial charge < -0.3 is 20.7 Å². The van der Waals surface area contributed by atoms with Gasteiger partial charge in [0.1, 0.15) is 11.6 Å². The molecule has 0 aliphatic heterocycles. The molecule has 2 rings (SSSR count). The maximum atomic E-state index is 12.0. The topological polar surface area (TPSA) is 87.6 Å². The highest BCUT2D eigenvalue weighted by Crippen LogP contribution is 2.11. The first kappa shape index (κ1) is 21.2. The minimum Gasteiger partial charge on any atom is -0.497 e. The molecule has 0 aliphatic rings. The van der Waals surface area contributed by atoms with Gasteiger partial charge >= 0.3 is 0 Å². The Kier molecular flexibility index (Phi) is 8.78. The maximum absolute atomic E-state index is 12.0. The number of rotatable bonds is 9. The molecule has 7 heteroatoms. The fraction of sp³-hybridized carbons (Fsp3) is 0.381. The van der Waals surface area contributed by atoms with Crippen LogP contribution in [-0.4, -0.2) is 43.6 Å². The van der Waals surface area contributed by atoms with E-state index in [0.717, 1.165) is 31.0 Å². The molecule has 0 spiro atoms. The Bertz CT molecular complexity index is 775. The number of nitrogens with zero attached hydrogens (tertiary/aromatic N) is 2. The lowest BCUT2D eigenvalue weighted by Crippen LogP contribution is -2.38. The second kappa shape index (κ2) is 11.6. The summed E-state index contributed by atoms with van der Waals surface area (Å²) in [6.45, 7) is 5.80. The minimum atomic E-state index is -0.101. The standard InChI is InChI=1S/C21H29N5O2/c1-4-22-21(23-14-12-17-8-10-18(28-3)11-9-17)24-15-13-20(27)26-19-7-5-6-16(2)25-19/h5-11H,4,12-15H2,1-3H3,(H2,22,23,24)(H,25,26,27). The molecule has 1 amide bonds. The van der Waals surface area contributed by atoms with Crippen LogP contribution in [-0.2, 0) is 11.2 Å². The molecule has 0 aliphatic carbocycles. The van der Waals surface area contributed by atoms with Crippen LogP contribution >= 0.6 is 0 Å². The molecule has 2 aromatic rings. The smallest absolute Gasteiger partial charge is 0.227 e. The van der Waals surface area contributed by atoms with Gasteiger partial charge in [-0.3, -0.25) is 9.79 Å². The number of amides is 1. The summed E-state index contributed by atoms with van der Waals surface area (Å²) in [5.41, 5.74) is 2.08. The molecule has 150 valence electrons. The van der Waals surface area contributed by atoms with Crippen LogP contribution in [0.5, 0.6) is 5.75 Å². The third-order valence-electron chi connectivity index (χ3n) is 3.97. The number of ether oxygens (including phenoxy) is 1. The molecular weight excluding hydrogens is 354 g/mol. The predicted octanol–water partition coefficient (Wildman–Crippen LogP) is 2.53. The van der Waals surface area contributed by atoms with Gasteiger partial charge in [-0.2, -0.15) is 0 Å². The summed E-state index contributed by atoms with van der Waals surface area (Å²) in [6, 6.07) is 13.5. The van der Waals surface area contributed by atoms with E-state index in [2.05, 4.69) is 25.9 Å².